The maximum atomic E-state index is 13.7. The molecule has 0 aliphatic carbocycles. The third-order valence-electron chi connectivity index (χ3n) is 2.99. The summed E-state index contributed by atoms with van der Waals surface area (Å²) < 4.78 is 31.9. The molecule has 2 aromatic rings. The number of rotatable bonds is 4. The van der Waals surface area contributed by atoms with E-state index in [2.05, 4.69) is 5.32 Å². The molecule has 0 aromatic heterocycles. The number of hydrogen-bond acceptors (Lipinski definition) is 3. The van der Waals surface area contributed by atoms with E-state index in [1.54, 1.807) is 19.1 Å². The van der Waals surface area contributed by atoms with Crippen LogP contribution in [0.3, 0.4) is 0 Å². The number of methoxy groups -OCH3 is 1. The summed E-state index contributed by atoms with van der Waals surface area (Å²) in [7, 11) is 1.37. The van der Waals surface area contributed by atoms with Gasteiger partial charge >= 0.3 is 0 Å². The first kappa shape index (κ1) is 14.8. The Hall–Kier alpha value is -2.61. The molecule has 5 heteroatoms. The normalized spacial score (nSPS) is 11.6. The van der Waals surface area contributed by atoms with E-state index in [0.29, 0.717) is 11.3 Å². The van der Waals surface area contributed by atoms with Crippen molar-refractivity contribution in [2.45, 2.75) is 13.0 Å². The van der Waals surface area contributed by atoms with Crippen molar-refractivity contribution in [2.75, 3.05) is 12.4 Å². The summed E-state index contributed by atoms with van der Waals surface area (Å²) in [6.07, 6.45) is 0. The predicted octanol–water partition coefficient (Wildman–Crippen LogP) is 3.96. The van der Waals surface area contributed by atoms with E-state index in [0.717, 1.165) is 5.56 Å². The number of nitriles is 1. The topological polar surface area (TPSA) is 45.0 Å². The standard InChI is InChI=1S/C16H14F2N2O/c1-10-5-12(17)8-13(6-10)20-15(9-19)11-3-4-16(21-2)14(18)7-11/h3-8,15,20H,1-2H3. The first-order valence-corrected chi connectivity index (χ1v) is 6.30. The molecule has 2 rings (SSSR count). The van der Waals surface area contributed by atoms with Gasteiger partial charge in [0.1, 0.15) is 11.9 Å². The molecule has 21 heavy (non-hydrogen) atoms. The van der Waals surface area contributed by atoms with Gasteiger partial charge in [-0.3, -0.25) is 0 Å². The monoisotopic (exact) mass is 288 g/mol. The summed E-state index contributed by atoms with van der Waals surface area (Å²) >= 11 is 0. The maximum Gasteiger partial charge on any atom is 0.165 e. The van der Waals surface area contributed by atoms with E-state index in [9.17, 15) is 14.0 Å². The third-order valence-corrected chi connectivity index (χ3v) is 2.99. The van der Waals surface area contributed by atoms with Gasteiger partial charge in [0.2, 0.25) is 0 Å². The number of nitrogens with one attached hydrogen (secondary N) is 1. The van der Waals surface area contributed by atoms with Gasteiger partial charge < -0.3 is 10.1 Å². The summed E-state index contributed by atoms with van der Waals surface area (Å²) in [6, 6.07) is 9.91. The number of nitrogens with zero attached hydrogens (tertiary/aromatic N) is 1. The second kappa shape index (κ2) is 6.23. The zero-order chi connectivity index (χ0) is 15.4. The molecule has 1 atom stereocenters. The van der Waals surface area contributed by atoms with Crippen molar-refractivity contribution in [1.82, 2.24) is 0 Å². The predicted molar refractivity (Wildman–Crippen MR) is 76.1 cm³/mol. The fourth-order valence-electron chi connectivity index (χ4n) is 2.04. The molecule has 0 fully saturated rings. The SMILES string of the molecule is COc1ccc(C(C#N)Nc2cc(C)cc(F)c2)cc1F. The zero-order valence-electron chi connectivity index (χ0n) is 11.7. The summed E-state index contributed by atoms with van der Waals surface area (Å²) in [5.41, 5.74) is 1.64. The lowest BCUT2D eigenvalue weighted by molar-refractivity contribution is 0.386. The van der Waals surface area contributed by atoms with Crippen LogP contribution in [0.5, 0.6) is 5.75 Å². The number of halogens is 2. The molecular formula is C16H14F2N2O. The Labute approximate surface area is 121 Å². The van der Waals surface area contributed by atoms with Crippen molar-refractivity contribution in [3.8, 4) is 11.8 Å². The summed E-state index contributed by atoms with van der Waals surface area (Å²) in [4.78, 5) is 0. The van der Waals surface area contributed by atoms with Crippen LogP contribution in [0.4, 0.5) is 14.5 Å². The van der Waals surface area contributed by atoms with E-state index in [1.807, 2.05) is 6.07 Å². The highest BCUT2D eigenvalue weighted by molar-refractivity contribution is 5.50. The highest BCUT2D eigenvalue weighted by atomic mass is 19.1. The van der Waals surface area contributed by atoms with Gasteiger partial charge in [-0.15, -0.1) is 0 Å². The number of aryl methyl sites for hydroxylation is 1. The molecule has 0 aliphatic heterocycles. The summed E-state index contributed by atoms with van der Waals surface area (Å²) in [6.45, 7) is 1.75. The van der Waals surface area contributed by atoms with Gasteiger partial charge in [0, 0.05) is 5.69 Å². The minimum absolute atomic E-state index is 0.108. The molecule has 3 nitrogen and oxygen atoms in total. The Bertz CT molecular complexity index is 675. The van der Waals surface area contributed by atoms with Crippen LogP contribution in [-0.2, 0) is 0 Å². The maximum absolute atomic E-state index is 13.7. The van der Waals surface area contributed by atoms with E-state index in [1.165, 1.54) is 31.4 Å². The molecule has 108 valence electrons. The van der Waals surface area contributed by atoms with E-state index < -0.39 is 17.7 Å². The second-order valence-electron chi connectivity index (χ2n) is 4.62. The fraction of sp³-hybridized carbons (Fsp3) is 0.188. The van der Waals surface area contributed by atoms with Gasteiger partial charge in [0.25, 0.3) is 0 Å². The molecule has 0 amide bonds. The quantitative estimate of drug-likeness (QED) is 0.926. The molecule has 0 spiro atoms. The number of anilines is 1. The molecule has 0 saturated carbocycles. The average Bonchev–Trinajstić information content (AvgIpc) is 2.43. The fourth-order valence-corrected chi connectivity index (χ4v) is 2.04. The highest BCUT2D eigenvalue weighted by Gasteiger charge is 2.14. The highest BCUT2D eigenvalue weighted by Crippen LogP contribution is 2.25. The van der Waals surface area contributed by atoms with E-state index in [-0.39, 0.29) is 5.75 Å². The minimum atomic E-state index is -0.786. The van der Waals surface area contributed by atoms with E-state index >= 15 is 0 Å². The van der Waals surface area contributed by atoms with Crippen LogP contribution in [0.1, 0.15) is 17.2 Å². The largest absolute Gasteiger partial charge is 0.494 e. The Morgan fingerprint density at radius 1 is 1.19 bits per heavy atom. The van der Waals surface area contributed by atoms with Crippen molar-refractivity contribution in [3.05, 3.63) is 59.2 Å². The van der Waals surface area contributed by atoms with Gasteiger partial charge in [-0.1, -0.05) is 6.07 Å². The molecular weight excluding hydrogens is 274 g/mol. The number of hydrogen-bond donors (Lipinski definition) is 1. The summed E-state index contributed by atoms with van der Waals surface area (Å²) in [5, 5.41) is 12.1. The van der Waals surface area contributed by atoms with Crippen LogP contribution in [0.2, 0.25) is 0 Å². The molecule has 2 aromatic carbocycles. The van der Waals surface area contributed by atoms with Gasteiger partial charge in [0.15, 0.2) is 11.6 Å². The van der Waals surface area contributed by atoms with Gasteiger partial charge in [-0.2, -0.15) is 5.26 Å². The van der Waals surface area contributed by atoms with Crippen LogP contribution in [0.25, 0.3) is 0 Å². The molecule has 0 radical (unpaired) electrons. The van der Waals surface area contributed by atoms with Crippen LogP contribution < -0.4 is 10.1 Å². The lowest BCUT2D eigenvalue weighted by atomic mass is 10.1. The van der Waals surface area contributed by atoms with Crippen molar-refractivity contribution in [2.24, 2.45) is 0 Å². The Balaban J connectivity index is 2.28. The Morgan fingerprint density at radius 3 is 2.52 bits per heavy atom. The molecule has 0 bridgehead atoms. The van der Waals surface area contributed by atoms with Crippen molar-refractivity contribution < 1.29 is 13.5 Å². The summed E-state index contributed by atoms with van der Waals surface area (Å²) in [5.74, 6) is -0.834. The first-order chi connectivity index (χ1) is 10.0. The number of ether oxygens (including phenoxy) is 1. The van der Waals surface area contributed by atoms with Gasteiger partial charge in [0.05, 0.1) is 13.2 Å². The molecule has 0 saturated heterocycles. The van der Waals surface area contributed by atoms with Crippen molar-refractivity contribution in [3.63, 3.8) is 0 Å². The Morgan fingerprint density at radius 2 is 1.95 bits per heavy atom. The van der Waals surface area contributed by atoms with Crippen molar-refractivity contribution in [1.29, 1.82) is 5.26 Å². The molecule has 1 N–H and O–H groups in total. The smallest absolute Gasteiger partial charge is 0.165 e. The van der Waals surface area contributed by atoms with Crippen LogP contribution in [-0.4, -0.2) is 7.11 Å². The van der Waals surface area contributed by atoms with Gasteiger partial charge in [-0.25, -0.2) is 8.78 Å². The van der Waals surface area contributed by atoms with Crippen molar-refractivity contribution >= 4 is 5.69 Å². The minimum Gasteiger partial charge on any atom is -0.494 e. The molecule has 1 unspecified atom stereocenters. The van der Waals surface area contributed by atoms with Crippen LogP contribution >= 0.6 is 0 Å². The zero-order valence-corrected chi connectivity index (χ0v) is 11.7. The molecule has 0 heterocycles. The second-order valence-corrected chi connectivity index (χ2v) is 4.62. The lowest BCUT2D eigenvalue weighted by Gasteiger charge is -2.15. The average molecular weight is 288 g/mol. The first-order valence-electron chi connectivity index (χ1n) is 6.30. The number of benzene rings is 2. The van der Waals surface area contributed by atoms with E-state index in [4.69, 9.17) is 4.74 Å². The van der Waals surface area contributed by atoms with Crippen LogP contribution in [0.15, 0.2) is 36.4 Å². The molecule has 0 aliphatic rings. The lowest BCUT2D eigenvalue weighted by Crippen LogP contribution is -2.09. The van der Waals surface area contributed by atoms with Gasteiger partial charge in [-0.05, 0) is 48.4 Å². The third kappa shape index (κ3) is 3.48. The Kier molecular flexibility index (Phi) is 4.39. The van der Waals surface area contributed by atoms with Crippen LogP contribution in [0, 0.1) is 29.9 Å².